The molecular formula is C12H20N2OS. The first-order valence-corrected chi connectivity index (χ1v) is 6.50. The second-order valence-corrected chi connectivity index (χ2v) is 4.87. The van der Waals surface area contributed by atoms with Crippen LogP contribution in [0.15, 0.2) is 23.1 Å². The van der Waals surface area contributed by atoms with Crippen LogP contribution in [-0.4, -0.2) is 50.5 Å². The van der Waals surface area contributed by atoms with E-state index in [2.05, 4.69) is 30.9 Å². The Balaban J connectivity index is 2.82. The summed E-state index contributed by atoms with van der Waals surface area (Å²) in [6, 6.07) is 5.66. The van der Waals surface area contributed by atoms with Crippen molar-refractivity contribution in [3.8, 4) is 5.75 Å². The molecule has 0 aliphatic carbocycles. The summed E-state index contributed by atoms with van der Waals surface area (Å²) in [6.07, 6.45) is 1.98. The molecule has 4 heteroatoms. The standard InChI is InChI=1S/C12H20N2OS/c1-13(2)8-9-14(3)10-6-5-7-11(15)12(10)16-4/h5-7,15H,8-9H2,1-4H3. The van der Waals surface area contributed by atoms with Crippen LogP contribution in [0.3, 0.4) is 0 Å². The Labute approximate surface area is 102 Å². The predicted molar refractivity (Wildman–Crippen MR) is 71.7 cm³/mol. The van der Waals surface area contributed by atoms with Crippen LogP contribution in [0.1, 0.15) is 0 Å². The summed E-state index contributed by atoms with van der Waals surface area (Å²) in [5, 5.41) is 9.76. The van der Waals surface area contributed by atoms with E-state index in [1.807, 2.05) is 18.4 Å². The minimum atomic E-state index is 0.363. The van der Waals surface area contributed by atoms with E-state index in [0.29, 0.717) is 5.75 Å². The second-order valence-electron chi connectivity index (χ2n) is 4.05. The molecule has 0 saturated heterocycles. The van der Waals surface area contributed by atoms with E-state index in [0.717, 1.165) is 23.7 Å². The molecule has 0 saturated carbocycles. The number of aromatic hydroxyl groups is 1. The number of hydrogen-bond acceptors (Lipinski definition) is 4. The van der Waals surface area contributed by atoms with Crippen molar-refractivity contribution in [2.45, 2.75) is 4.90 Å². The van der Waals surface area contributed by atoms with Crippen molar-refractivity contribution in [2.75, 3.05) is 45.4 Å². The maximum Gasteiger partial charge on any atom is 0.131 e. The zero-order valence-corrected chi connectivity index (χ0v) is 11.2. The van der Waals surface area contributed by atoms with Crippen LogP contribution in [0.2, 0.25) is 0 Å². The molecule has 0 spiro atoms. The Morgan fingerprint density at radius 3 is 2.44 bits per heavy atom. The Morgan fingerprint density at radius 2 is 1.88 bits per heavy atom. The number of phenols is 1. The summed E-state index contributed by atoms with van der Waals surface area (Å²) >= 11 is 1.58. The van der Waals surface area contributed by atoms with Gasteiger partial charge >= 0.3 is 0 Å². The highest BCUT2D eigenvalue weighted by Crippen LogP contribution is 2.35. The second kappa shape index (κ2) is 6.01. The fourth-order valence-electron chi connectivity index (χ4n) is 1.49. The normalized spacial score (nSPS) is 10.8. The first-order chi connectivity index (χ1) is 7.56. The summed E-state index contributed by atoms with van der Waals surface area (Å²) in [5.74, 6) is 0.363. The third-order valence-corrected chi connectivity index (χ3v) is 3.30. The zero-order valence-electron chi connectivity index (χ0n) is 10.4. The van der Waals surface area contributed by atoms with Gasteiger partial charge in [-0.15, -0.1) is 11.8 Å². The highest BCUT2D eigenvalue weighted by Gasteiger charge is 2.10. The summed E-state index contributed by atoms with van der Waals surface area (Å²) in [7, 11) is 6.18. The largest absolute Gasteiger partial charge is 0.507 e. The highest BCUT2D eigenvalue weighted by atomic mass is 32.2. The minimum absolute atomic E-state index is 0.363. The van der Waals surface area contributed by atoms with Gasteiger partial charge in [0, 0.05) is 20.1 Å². The van der Waals surface area contributed by atoms with Crippen molar-refractivity contribution in [1.82, 2.24) is 4.90 Å². The zero-order chi connectivity index (χ0) is 12.1. The lowest BCUT2D eigenvalue weighted by atomic mass is 10.2. The van der Waals surface area contributed by atoms with Gasteiger partial charge in [0.1, 0.15) is 5.75 Å². The summed E-state index contributed by atoms with van der Waals surface area (Å²) < 4.78 is 0. The lowest BCUT2D eigenvalue weighted by molar-refractivity contribution is 0.416. The Hall–Kier alpha value is -0.870. The van der Waals surface area contributed by atoms with Gasteiger partial charge in [-0.1, -0.05) is 6.07 Å². The molecule has 3 nitrogen and oxygen atoms in total. The Bertz CT molecular complexity index is 342. The molecule has 90 valence electrons. The molecule has 0 bridgehead atoms. The summed E-state index contributed by atoms with van der Waals surface area (Å²) in [5.41, 5.74) is 1.09. The van der Waals surface area contributed by atoms with Crippen LogP contribution in [0.25, 0.3) is 0 Å². The van der Waals surface area contributed by atoms with Crippen LogP contribution in [0, 0.1) is 0 Å². The first kappa shape index (κ1) is 13.2. The molecule has 0 atom stereocenters. The molecule has 0 aromatic heterocycles. The van der Waals surface area contributed by atoms with Crippen LogP contribution >= 0.6 is 11.8 Å². The van der Waals surface area contributed by atoms with Gasteiger partial charge in [0.2, 0.25) is 0 Å². The van der Waals surface area contributed by atoms with Gasteiger partial charge in [-0.2, -0.15) is 0 Å². The van der Waals surface area contributed by atoms with Gasteiger partial charge in [-0.3, -0.25) is 0 Å². The van der Waals surface area contributed by atoms with Gasteiger partial charge in [-0.25, -0.2) is 0 Å². The third-order valence-electron chi connectivity index (χ3n) is 2.47. The fourth-order valence-corrected chi connectivity index (χ4v) is 2.20. The number of benzene rings is 1. The van der Waals surface area contributed by atoms with Crippen molar-refractivity contribution in [1.29, 1.82) is 0 Å². The average Bonchev–Trinajstić information content (AvgIpc) is 2.25. The molecule has 0 radical (unpaired) electrons. The van der Waals surface area contributed by atoms with E-state index >= 15 is 0 Å². The molecule has 1 N–H and O–H groups in total. The number of rotatable bonds is 5. The van der Waals surface area contributed by atoms with Crippen molar-refractivity contribution < 1.29 is 5.11 Å². The number of nitrogens with zero attached hydrogens (tertiary/aromatic N) is 2. The fraction of sp³-hybridized carbons (Fsp3) is 0.500. The molecule has 1 aromatic carbocycles. The molecule has 0 amide bonds. The number of anilines is 1. The Kier molecular flexibility index (Phi) is 4.96. The molecule has 0 aliphatic rings. The van der Waals surface area contributed by atoms with Gasteiger partial charge in [-0.05, 0) is 32.5 Å². The molecule has 0 unspecified atom stereocenters. The van der Waals surface area contributed by atoms with Gasteiger partial charge < -0.3 is 14.9 Å². The number of phenolic OH excluding ortho intramolecular Hbond substituents is 1. The third kappa shape index (κ3) is 3.32. The number of thioether (sulfide) groups is 1. The van der Waals surface area contributed by atoms with Gasteiger partial charge in [0.15, 0.2) is 0 Å². The molecule has 0 aliphatic heterocycles. The summed E-state index contributed by atoms with van der Waals surface area (Å²) in [4.78, 5) is 5.27. The minimum Gasteiger partial charge on any atom is -0.507 e. The number of hydrogen-bond donors (Lipinski definition) is 1. The highest BCUT2D eigenvalue weighted by molar-refractivity contribution is 7.98. The summed E-state index contributed by atoms with van der Waals surface area (Å²) in [6.45, 7) is 1.95. The Morgan fingerprint density at radius 1 is 1.19 bits per heavy atom. The van der Waals surface area contributed by atoms with Crippen LogP contribution < -0.4 is 4.90 Å². The van der Waals surface area contributed by atoms with E-state index in [1.54, 1.807) is 17.8 Å². The predicted octanol–water partition coefficient (Wildman–Crippen LogP) is 2.11. The van der Waals surface area contributed by atoms with Crippen LogP contribution in [0.5, 0.6) is 5.75 Å². The van der Waals surface area contributed by atoms with Crippen LogP contribution in [0.4, 0.5) is 5.69 Å². The molecule has 0 heterocycles. The van der Waals surface area contributed by atoms with E-state index in [1.165, 1.54) is 0 Å². The van der Waals surface area contributed by atoms with Crippen LogP contribution in [-0.2, 0) is 0 Å². The smallest absolute Gasteiger partial charge is 0.131 e. The average molecular weight is 240 g/mol. The van der Waals surface area contributed by atoms with Crippen molar-refractivity contribution in [3.63, 3.8) is 0 Å². The molecule has 1 rings (SSSR count). The molecule has 1 aromatic rings. The van der Waals surface area contributed by atoms with Crippen molar-refractivity contribution >= 4 is 17.4 Å². The van der Waals surface area contributed by atoms with E-state index in [4.69, 9.17) is 0 Å². The number of likely N-dealkylation sites (N-methyl/N-ethyl adjacent to an activating group) is 2. The van der Waals surface area contributed by atoms with Gasteiger partial charge in [0.05, 0.1) is 10.6 Å². The quantitative estimate of drug-likeness (QED) is 0.798. The monoisotopic (exact) mass is 240 g/mol. The van der Waals surface area contributed by atoms with Crippen molar-refractivity contribution in [3.05, 3.63) is 18.2 Å². The molecule has 16 heavy (non-hydrogen) atoms. The van der Waals surface area contributed by atoms with E-state index in [-0.39, 0.29) is 0 Å². The lowest BCUT2D eigenvalue weighted by Crippen LogP contribution is -2.28. The maximum atomic E-state index is 9.76. The van der Waals surface area contributed by atoms with Crippen molar-refractivity contribution in [2.24, 2.45) is 0 Å². The molecular weight excluding hydrogens is 220 g/mol. The van der Waals surface area contributed by atoms with E-state index in [9.17, 15) is 5.11 Å². The van der Waals surface area contributed by atoms with E-state index < -0.39 is 0 Å². The maximum absolute atomic E-state index is 9.76. The first-order valence-electron chi connectivity index (χ1n) is 5.28. The SMILES string of the molecule is CSc1c(O)cccc1N(C)CCN(C)C. The lowest BCUT2D eigenvalue weighted by Gasteiger charge is -2.23. The van der Waals surface area contributed by atoms with Gasteiger partial charge in [0.25, 0.3) is 0 Å². The molecule has 0 fully saturated rings. The topological polar surface area (TPSA) is 26.7 Å².